The highest BCUT2D eigenvalue weighted by Crippen LogP contribution is 2.35. The van der Waals surface area contributed by atoms with Crippen molar-refractivity contribution in [2.75, 3.05) is 11.9 Å². The van der Waals surface area contributed by atoms with E-state index >= 15 is 0 Å². The van der Waals surface area contributed by atoms with Crippen LogP contribution in [0.5, 0.6) is 5.75 Å². The quantitative estimate of drug-likeness (QED) is 0.528. The number of aromatic hydroxyl groups is 1. The standard InChI is InChI=1S/C13H12N2O4/c16-6-7-4-9-11(10(17)5-7)12-8(2-1-3-14-12)13(18)15(9)19/h4-6,14,17,19H,1-3H2. The molecule has 0 unspecified atom stereocenters. The van der Waals surface area contributed by atoms with E-state index in [-0.39, 0.29) is 16.8 Å². The molecule has 0 radical (unpaired) electrons. The highest BCUT2D eigenvalue weighted by Gasteiger charge is 2.21. The van der Waals surface area contributed by atoms with Crippen LogP contribution in [0.15, 0.2) is 16.9 Å². The van der Waals surface area contributed by atoms with Crippen molar-refractivity contribution in [3.05, 3.63) is 33.6 Å². The van der Waals surface area contributed by atoms with E-state index in [0.717, 1.165) is 6.42 Å². The summed E-state index contributed by atoms with van der Waals surface area (Å²) in [5, 5.41) is 23.4. The van der Waals surface area contributed by atoms with Crippen LogP contribution in [0.4, 0.5) is 5.69 Å². The number of pyridine rings is 1. The topological polar surface area (TPSA) is 91.6 Å². The molecule has 0 saturated heterocycles. The van der Waals surface area contributed by atoms with Gasteiger partial charge in [-0.25, -0.2) is 0 Å². The van der Waals surface area contributed by atoms with Crippen molar-refractivity contribution in [3.63, 3.8) is 0 Å². The predicted octanol–water partition coefficient (Wildman–Crippen LogP) is 1.11. The first-order chi connectivity index (χ1) is 9.13. The third-order valence-electron chi connectivity index (χ3n) is 3.39. The van der Waals surface area contributed by atoms with Gasteiger partial charge in [-0.05, 0) is 25.0 Å². The summed E-state index contributed by atoms with van der Waals surface area (Å²) in [4.78, 5) is 22.8. The van der Waals surface area contributed by atoms with Crippen molar-refractivity contribution in [2.24, 2.45) is 0 Å². The molecule has 0 saturated carbocycles. The zero-order chi connectivity index (χ0) is 13.6. The molecule has 2 aromatic rings. The minimum atomic E-state index is -0.517. The van der Waals surface area contributed by atoms with E-state index in [4.69, 9.17) is 0 Å². The lowest BCUT2D eigenvalue weighted by Gasteiger charge is -2.21. The van der Waals surface area contributed by atoms with Crippen LogP contribution >= 0.6 is 0 Å². The van der Waals surface area contributed by atoms with E-state index in [1.165, 1.54) is 12.1 Å². The third-order valence-corrected chi connectivity index (χ3v) is 3.39. The highest BCUT2D eigenvalue weighted by molar-refractivity contribution is 6.00. The minimum Gasteiger partial charge on any atom is -0.507 e. The molecule has 0 aliphatic carbocycles. The maximum Gasteiger partial charge on any atom is 0.288 e. The van der Waals surface area contributed by atoms with E-state index in [0.29, 0.717) is 40.6 Å². The van der Waals surface area contributed by atoms with E-state index in [2.05, 4.69) is 5.32 Å². The summed E-state index contributed by atoms with van der Waals surface area (Å²) in [5.41, 5.74) is 0.808. The average Bonchev–Trinajstić information content (AvgIpc) is 2.44. The number of benzene rings is 1. The van der Waals surface area contributed by atoms with E-state index in [1.807, 2.05) is 0 Å². The summed E-state index contributed by atoms with van der Waals surface area (Å²) in [7, 11) is 0. The Hall–Kier alpha value is -2.50. The number of aldehydes is 1. The molecule has 2 heterocycles. The molecule has 1 aromatic heterocycles. The van der Waals surface area contributed by atoms with Crippen LogP contribution in [0, 0.1) is 0 Å². The summed E-state index contributed by atoms with van der Waals surface area (Å²) in [6.07, 6.45) is 1.89. The highest BCUT2D eigenvalue weighted by atomic mass is 16.5. The van der Waals surface area contributed by atoms with Gasteiger partial charge in [0.2, 0.25) is 0 Å². The Kier molecular flexibility index (Phi) is 2.45. The lowest BCUT2D eigenvalue weighted by molar-refractivity contribution is 0.112. The Balaban J connectivity index is 2.52. The number of carbonyl (C=O) groups is 1. The van der Waals surface area contributed by atoms with Gasteiger partial charge in [0.25, 0.3) is 5.56 Å². The smallest absolute Gasteiger partial charge is 0.288 e. The van der Waals surface area contributed by atoms with Gasteiger partial charge < -0.3 is 15.6 Å². The molecule has 0 bridgehead atoms. The molecule has 0 atom stereocenters. The second-order valence-corrected chi connectivity index (χ2v) is 4.55. The molecule has 3 rings (SSSR count). The van der Waals surface area contributed by atoms with E-state index in [1.54, 1.807) is 0 Å². The summed E-state index contributed by atoms with van der Waals surface area (Å²) in [5.74, 6) is -0.131. The van der Waals surface area contributed by atoms with Gasteiger partial charge in [0.05, 0.1) is 16.6 Å². The van der Waals surface area contributed by atoms with Crippen molar-refractivity contribution in [2.45, 2.75) is 12.8 Å². The fourth-order valence-electron chi connectivity index (χ4n) is 2.52. The van der Waals surface area contributed by atoms with Crippen LogP contribution in [0.3, 0.4) is 0 Å². The van der Waals surface area contributed by atoms with Gasteiger partial charge in [-0.1, -0.05) is 0 Å². The summed E-state index contributed by atoms with van der Waals surface area (Å²) in [6.45, 7) is 0.700. The SMILES string of the molecule is O=Cc1cc(O)c2c3c(c(=O)n(O)c2c1)CCCN3. The van der Waals surface area contributed by atoms with Crippen molar-refractivity contribution < 1.29 is 15.1 Å². The molecule has 98 valence electrons. The molecule has 6 nitrogen and oxygen atoms in total. The van der Waals surface area contributed by atoms with Crippen molar-refractivity contribution in [1.29, 1.82) is 0 Å². The predicted molar refractivity (Wildman–Crippen MR) is 69.3 cm³/mol. The molecule has 19 heavy (non-hydrogen) atoms. The first kappa shape index (κ1) is 11.6. The molecule has 1 aliphatic rings. The molecular weight excluding hydrogens is 248 g/mol. The van der Waals surface area contributed by atoms with Crippen molar-refractivity contribution in [3.8, 4) is 5.75 Å². The van der Waals surface area contributed by atoms with E-state index in [9.17, 15) is 19.9 Å². The molecular formula is C13H12N2O4. The third kappa shape index (κ3) is 1.56. The number of aromatic nitrogens is 1. The Bertz CT molecular complexity index is 749. The van der Waals surface area contributed by atoms with Crippen LogP contribution in [-0.4, -0.2) is 27.9 Å². The van der Waals surface area contributed by atoms with Gasteiger partial charge in [0.1, 0.15) is 12.0 Å². The molecule has 6 heteroatoms. The number of rotatable bonds is 1. The first-order valence-electron chi connectivity index (χ1n) is 5.96. The fourth-order valence-corrected chi connectivity index (χ4v) is 2.52. The number of nitrogens with one attached hydrogen (secondary N) is 1. The van der Waals surface area contributed by atoms with E-state index < -0.39 is 5.56 Å². The van der Waals surface area contributed by atoms with Gasteiger partial charge in [-0.2, -0.15) is 0 Å². The summed E-state index contributed by atoms with van der Waals surface area (Å²) < 4.78 is 0.494. The number of phenols is 1. The van der Waals surface area contributed by atoms with Gasteiger partial charge in [0, 0.05) is 17.7 Å². The molecule has 0 spiro atoms. The zero-order valence-corrected chi connectivity index (χ0v) is 10.0. The maximum atomic E-state index is 12.0. The molecule has 1 aromatic carbocycles. The molecule has 0 amide bonds. The number of phenolic OH excluding ortho intramolecular Hbond substituents is 1. The van der Waals surface area contributed by atoms with Crippen LogP contribution in [0.2, 0.25) is 0 Å². The lowest BCUT2D eigenvalue weighted by Crippen LogP contribution is -2.27. The second kappa shape index (κ2) is 4.01. The zero-order valence-electron chi connectivity index (χ0n) is 10.0. The number of carbonyl (C=O) groups excluding carboxylic acids is 1. The van der Waals surface area contributed by atoms with Crippen LogP contribution < -0.4 is 10.9 Å². The van der Waals surface area contributed by atoms with Gasteiger partial charge in [-0.15, -0.1) is 4.73 Å². The van der Waals surface area contributed by atoms with Crippen LogP contribution in [-0.2, 0) is 6.42 Å². The van der Waals surface area contributed by atoms with Gasteiger partial charge >= 0.3 is 0 Å². The van der Waals surface area contributed by atoms with Crippen molar-refractivity contribution in [1.82, 2.24) is 4.73 Å². The average molecular weight is 260 g/mol. The Morgan fingerprint density at radius 2 is 2.16 bits per heavy atom. The van der Waals surface area contributed by atoms with Crippen LogP contribution in [0.1, 0.15) is 22.3 Å². The summed E-state index contributed by atoms with van der Waals surface area (Å²) in [6, 6.07) is 2.69. The lowest BCUT2D eigenvalue weighted by atomic mass is 10.00. The van der Waals surface area contributed by atoms with Crippen LogP contribution in [0.25, 0.3) is 10.9 Å². The number of fused-ring (bicyclic) bond motifs is 3. The largest absolute Gasteiger partial charge is 0.507 e. The number of anilines is 1. The number of nitrogens with zero attached hydrogens (tertiary/aromatic N) is 1. The maximum absolute atomic E-state index is 12.0. The summed E-state index contributed by atoms with van der Waals surface area (Å²) >= 11 is 0. The number of hydrogen-bond acceptors (Lipinski definition) is 5. The Labute approximate surface area is 107 Å². The monoisotopic (exact) mass is 260 g/mol. The second-order valence-electron chi connectivity index (χ2n) is 4.55. The first-order valence-corrected chi connectivity index (χ1v) is 5.96. The fraction of sp³-hybridized carbons (Fsp3) is 0.231. The molecule has 3 N–H and O–H groups in total. The normalized spacial score (nSPS) is 13.9. The Morgan fingerprint density at radius 3 is 2.89 bits per heavy atom. The minimum absolute atomic E-state index is 0.125. The van der Waals surface area contributed by atoms with Gasteiger partial charge in [0.15, 0.2) is 0 Å². The molecule has 0 fully saturated rings. The van der Waals surface area contributed by atoms with Gasteiger partial charge in [-0.3, -0.25) is 9.59 Å². The Morgan fingerprint density at radius 1 is 1.37 bits per heavy atom. The van der Waals surface area contributed by atoms with Crippen molar-refractivity contribution >= 4 is 22.9 Å². The molecule has 1 aliphatic heterocycles. The number of hydrogen-bond donors (Lipinski definition) is 3.